The summed E-state index contributed by atoms with van der Waals surface area (Å²) in [5.41, 5.74) is 0. The lowest BCUT2D eigenvalue weighted by molar-refractivity contribution is -0.138. The molecule has 1 rings (SSSR count). The van der Waals surface area contributed by atoms with Gasteiger partial charge in [-0.15, -0.1) is 11.3 Å². The van der Waals surface area contributed by atoms with Gasteiger partial charge in [0.15, 0.2) is 0 Å². The Morgan fingerprint density at radius 2 is 1.95 bits per heavy atom. The average Bonchev–Trinajstić information content (AvgIpc) is 2.84. The van der Waals surface area contributed by atoms with Crippen LogP contribution < -0.4 is 5.32 Å². The fourth-order valence-electron chi connectivity index (χ4n) is 1.87. The molecule has 1 amide bonds. The van der Waals surface area contributed by atoms with Crippen LogP contribution in [0.3, 0.4) is 0 Å². The zero-order valence-electron chi connectivity index (χ0n) is 12.0. The summed E-state index contributed by atoms with van der Waals surface area (Å²) in [6.07, 6.45) is 1.83. The Balaban J connectivity index is 2.38. The maximum atomic E-state index is 11.8. The SMILES string of the molecule is CCCN(CC(=O)O)CC(=O)NCc1ccc(CC)s1. The van der Waals surface area contributed by atoms with Crippen LogP contribution >= 0.6 is 11.3 Å². The van der Waals surface area contributed by atoms with Crippen molar-refractivity contribution in [3.8, 4) is 0 Å². The third-order valence-electron chi connectivity index (χ3n) is 2.79. The molecule has 0 aromatic carbocycles. The lowest BCUT2D eigenvalue weighted by atomic mass is 10.3. The third kappa shape index (κ3) is 6.16. The van der Waals surface area contributed by atoms with E-state index in [1.54, 1.807) is 16.2 Å². The van der Waals surface area contributed by atoms with Crippen LogP contribution in [0.2, 0.25) is 0 Å². The van der Waals surface area contributed by atoms with Gasteiger partial charge in [-0.3, -0.25) is 14.5 Å². The minimum atomic E-state index is -0.905. The first kappa shape index (κ1) is 16.7. The molecule has 0 bridgehead atoms. The largest absolute Gasteiger partial charge is 0.480 e. The number of thiophene rings is 1. The van der Waals surface area contributed by atoms with Gasteiger partial charge in [0.1, 0.15) is 0 Å². The zero-order chi connectivity index (χ0) is 15.0. The van der Waals surface area contributed by atoms with Gasteiger partial charge in [0, 0.05) is 9.75 Å². The van der Waals surface area contributed by atoms with Crippen LogP contribution in [0.5, 0.6) is 0 Å². The molecule has 0 saturated heterocycles. The Hall–Kier alpha value is -1.40. The van der Waals surface area contributed by atoms with Crippen molar-refractivity contribution >= 4 is 23.2 Å². The molecule has 112 valence electrons. The van der Waals surface area contributed by atoms with E-state index in [0.29, 0.717) is 13.1 Å². The van der Waals surface area contributed by atoms with Crippen molar-refractivity contribution in [2.75, 3.05) is 19.6 Å². The predicted octanol–water partition coefficient (Wildman–Crippen LogP) is 1.72. The van der Waals surface area contributed by atoms with Crippen molar-refractivity contribution in [3.05, 3.63) is 21.9 Å². The van der Waals surface area contributed by atoms with E-state index >= 15 is 0 Å². The number of amides is 1. The van der Waals surface area contributed by atoms with Gasteiger partial charge in [-0.2, -0.15) is 0 Å². The molecule has 2 N–H and O–H groups in total. The van der Waals surface area contributed by atoms with Crippen LogP contribution in [0.1, 0.15) is 30.0 Å². The van der Waals surface area contributed by atoms with E-state index in [2.05, 4.69) is 18.3 Å². The van der Waals surface area contributed by atoms with E-state index in [0.717, 1.165) is 17.7 Å². The van der Waals surface area contributed by atoms with E-state index in [9.17, 15) is 9.59 Å². The first-order valence-corrected chi connectivity index (χ1v) is 7.65. The number of carboxylic acid groups (broad SMARTS) is 1. The number of hydrogen-bond acceptors (Lipinski definition) is 4. The van der Waals surface area contributed by atoms with Crippen molar-refractivity contribution in [1.29, 1.82) is 0 Å². The Kier molecular flexibility index (Phi) is 7.25. The lowest BCUT2D eigenvalue weighted by Crippen LogP contribution is -2.39. The molecule has 0 fully saturated rings. The fraction of sp³-hybridized carbons (Fsp3) is 0.571. The van der Waals surface area contributed by atoms with Crippen LogP contribution in [0.4, 0.5) is 0 Å². The second-order valence-electron chi connectivity index (χ2n) is 4.60. The lowest BCUT2D eigenvalue weighted by Gasteiger charge is -2.18. The van der Waals surface area contributed by atoms with Crippen LogP contribution in [0, 0.1) is 0 Å². The summed E-state index contributed by atoms with van der Waals surface area (Å²) in [6, 6.07) is 4.09. The molecule has 0 aliphatic carbocycles. The number of hydrogen-bond donors (Lipinski definition) is 2. The highest BCUT2D eigenvalue weighted by molar-refractivity contribution is 7.11. The summed E-state index contributed by atoms with van der Waals surface area (Å²) in [7, 11) is 0. The number of carboxylic acids is 1. The van der Waals surface area contributed by atoms with Crippen LogP contribution in [-0.2, 0) is 22.6 Å². The molecule has 0 spiro atoms. The second-order valence-corrected chi connectivity index (χ2v) is 5.86. The van der Waals surface area contributed by atoms with Crippen LogP contribution in [0.25, 0.3) is 0 Å². The fourth-order valence-corrected chi connectivity index (χ4v) is 2.77. The molecular weight excluding hydrogens is 276 g/mol. The number of nitrogens with one attached hydrogen (secondary N) is 1. The number of aryl methyl sites for hydroxylation is 1. The van der Waals surface area contributed by atoms with Gasteiger partial charge >= 0.3 is 5.97 Å². The number of aliphatic carboxylic acids is 1. The van der Waals surface area contributed by atoms with E-state index in [1.807, 2.05) is 13.0 Å². The summed E-state index contributed by atoms with van der Waals surface area (Å²) in [5, 5.41) is 11.6. The maximum absolute atomic E-state index is 11.8. The molecular formula is C14H22N2O3S. The molecule has 1 aromatic heterocycles. The van der Waals surface area contributed by atoms with Gasteiger partial charge in [0.05, 0.1) is 19.6 Å². The van der Waals surface area contributed by atoms with Gasteiger partial charge < -0.3 is 10.4 Å². The van der Waals surface area contributed by atoms with Gasteiger partial charge in [-0.1, -0.05) is 13.8 Å². The number of rotatable bonds is 9. The van der Waals surface area contributed by atoms with Crippen molar-refractivity contribution in [2.24, 2.45) is 0 Å². The highest BCUT2D eigenvalue weighted by Crippen LogP contribution is 2.16. The van der Waals surface area contributed by atoms with E-state index in [-0.39, 0.29) is 19.0 Å². The Morgan fingerprint density at radius 3 is 2.50 bits per heavy atom. The normalized spacial score (nSPS) is 10.8. The topological polar surface area (TPSA) is 69.6 Å². The summed E-state index contributed by atoms with van der Waals surface area (Å²) in [5.74, 6) is -1.04. The van der Waals surface area contributed by atoms with Crippen LogP contribution in [-0.4, -0.2) is 41.5 Å². The van der Waals surface area contributed by atoms with Gasteiger partial charge in [0.2, 0.25) is 5.91 Å². The molecule has 5 nitrogen and oxygen atoms in total. The average molecular weight is 298 g/mol. The quantitative estimate of drug-likeness (QED) is 0.728. The minimum absolute atomic E-state index is 0.0970. The van der Waals surface area contributed by atoms with Crippen molar-refractivity contribution in [3.63, 3.8) is 0 Å². The molecule has 0 aliphatic rings. The summed E-state index contributed by atoms with van der Waals surface area (Å²) < 4.78 is 0. The highest BCUT2D eigenvalue weighted by Gasteiger charge is 2.13. The molecule has 0 unspecified atom stereocenters. The molecule has 0 saturated carbocycles. The second kappa shape index (κ2) is 8.71. The molecule has 0 radical (unpaired) electrons. The maximum Gasteiger partial charge on any atom is 0.317 e. The van der Waals surface area contributed by atoms with Crippen molar-refractivity contribution in [2.45, 2.75) is 33.2 Å². The van der Waals surface area contributed by atoms with E-state index in [4.69, 9.17) is 5.11 Å². The molecule has 6 heteroatoms. The first-order valence-electron chi connectivity index (χ1n) is 6.83. The van der Waals surface area contributed by atoms with E-state index in [1.165, 1.54) is 4.88 Å². The van der Waals surface area contributed by atoms with Crippen LogP contribution in [0.15, 0.2) is 12.1 Å². The minimum Gasteiger partial charge on any atom is -0.480 e. The Morgan fingerprint density at radius 1 is 1.25 bits per heavy atom. The van der Waals surface area contributed by atoms with Gasteiger partial charge in [-0.25, -0.2) is 0 Å². The Labute approximate surface area is 123 Å². The zero-order valence-corrected chi connectivity index (χ0v) is 12.8. The van der Waals surface area contributed by atoms with E-state index < -0.39 is 5.97 Å². The first-order chi connectivity index (χ1) is 9.55. The third-order valence-corrected chi connectivity index (χ3v) is 4.02. The Bertz CT molecular complexity index is 445. The number of carbonyl (C=O) groups excluding carboxylic acids is 1. The molecule has 0 aliphatic heterocycles. The van der Waals surface area contributed by atoms with Crippen molar-refractivity contribution in [1.82, 2.24) is 10.2 Å². The van der Waals surface area contributed by atoms with Crippen molar-refractivity contribution < 1.29 is 14.7 Å². The monoisotopic (exact) mass is 298 g/mol. The van der Waals surface area contributed by atoms with Gasteiger partial charge in [-0.05, 0) is 31.5 Å². The molecule has 1 heterocycles. The summed E-state index contributed by atoms with van der Waals surface area (Å²) in [4.78, 5) is 26.6. The summed E-state index contributed by atoms with van der Waals surface area (Å²) in [6.45, 7) is 5.22. The smallest absolute Gasteiger partial charge is 0.317 e. The molecule has 0 atom stereocenters. The number of nitrogens with zero attached hydrogens (tertiary/aromatic N) is 1. The summed E-state index contributed by atoms with van der Waals surface area (Å²) >= 11 is 1.69. The number of carbonyl (C=O) groups is 2. The highest BCUT2D eigenvalue weighted by atomic mass is 32.1. The standard InChI is InChI=1S/C14H22N2O3S/c1-3-7-16(10-14(18)19)9-13(17)15-8-12-6-5-11(4-2)20-12/h5-6H,3-4,7-10H2,1-2H3,(H,15,17)(H,18,19). The van der Waals surface area contributed by atoms with Gasteiger partial charge in [0.25, 0.3) is 0 Å². The molecule has 20 heavy (non-hydrogen) atoms. The predicted molar refractivity (Wildman–Crippen MR) is 79.9 cm³/mol. The molecule has 1 aromatic rings.